The third kappa shape index (κ3) is 4.52. The van der Waals surface area contributed by atoms with Gasteiger partial charge in [-0.1, -0.05) is 23.7 Å². The maximum atomic E-state index is 14.7. The fourth-order valence-corrected chi connectivity index (χ4v) is 3.62. The summed E-state index contributed by atoms with van der Waals surface area (Å²) in [5, 5.41) is -0.00955. The van der Waals surface area contributed by atoms with Crippen LogP contribution >= 0.6 is 19.4 Å². The zero-order chi connectivity index (χ0) is 21.3. The molecule has 0 atom stereocenters. The first-order chi connectivity index (χ1) is 13.6. The zero-order valence-electron chi connectivity index (χ0n) is 15.6. The number of phosphoric ester groups is 1. The van der Waals surface area contributed by atoms with Gasteiger partial charge >= 0.3 is 7.82 Å². The first-order valence-corrected chi connectivity index (χ1v) is 10.5. The fourth-order valence-electron chi connectivity index (χ4n) is 3.00. The molecule has 0 fully saturated rings. The molecule has 10 heteroatoms. The second-order valence-corrected chi connectivity index (χ2v) is 7.92. The second-order valence-electron chi connectivity index (χ2n) is 6.28. The first-order valence-electron chi connectivity index (χ1n) is 8.57. The quantitative estimate of drug-likeness (QED) is 0.555. The first kappa shape index (κ1) is 21.5. The molecule has 0 bridgehead atoms. The van der Waals surface area contributed by atoms with Gasteiger partial charge in [0.1, 0.15) is 18.3 Å². The molecule has 2 aromatic carbocycles. The Kier molecular flexibility index (Phi) is 6.12. The van der Waals surface area contributed by atoms with Gasteiger partial charge in [0.15, 0.2) is 5.43 Å². The molecular weight excluding hydrogens is 424 g/mol. The van der Waals surface area contributed by atoms with Crippen LogP contribution in [0.25, 0.3) is 22.0 Å². The number of halogens is 2. The van der Waals surface area contributed by atoms with Crippen LogP contribution in [0, 0.1) is 12.7 Å². The number of ether oxygens (including phenoxy) is 1. The van der Waals surface area contributed by atoms with Crippen molar-refractivity contribution in [3.05, 3.63) is 63.2 Å². The number of aromatic nitrogens is 1. The SMILES string of the molecule is CCOc1ccc(F)c2c(=O)c(-c3ccc(C)cc3Cl)cn(COP(=O)(O)O)c12. The van der Waals surface area contributed by atoms with Gasteiger partial charge in [-0.3, -0.25) is 9.32 Å². The number of hydrogen-bond donors (Lipinski definition) is 2. The average molecular weight is 442 g/mol. The van der Waals surface area contributed by atoms with Gasteiger partial charge in [-0.15, -0.1) is 0 Å². The van der Waals surface area contributed by atoms with E-state index in [2.05, 4.69) is 4.52 Å². The lowest BCUT2D eigenvalue weighted by molar-refractivity contribution is 0.155. The Morgan fingerprint density at radius 3 is 2.55 bits per heavy atom. The molecule has 0 amide bonds. The molecule has 0 aliphatic rings. The second kappa shape index (κ2) is 8.26. The standard InChI is InChI=1S/C19H18ClFNO6P/c1-3-27-16-7-6-15(21)17-18(16)22(10-28-29(24,25)26)9-13(19(17)23)12-5-4-11(2)8-14(12)20/h4-9H,3,10H2,1-2H3,(H2,24,25,26). The molecule has 0 radical (unpaired) electrons. The topological polar surface area (TPSA) is 98.0 Å². The van der Waals surface area contributed by atoms with Gasteiger partial charge in [0.25, 0.3) is 0 Å². The summed E-state index contributed by atoms with van der Waals surface area (Å²) in [4.78, 5) is 31.3. The number of rotatable bonds is 6. The van der Waals surface area contributed by atoms with Crippen LogP contribution in [-0.2, 0) is 15.8 Å². The Morgan fingerprint density at radius 1 is 1.21 bits per heavy atom. The molecule has 1 heterocycles. The summed E-state index contributed by atoms with van der Waals surface area (Å²) in [5.74, 6) is -0.625. The third-order valence-corrected chi connectivity index (χ3v) is 4.98. The van der Waals surface area contributed by atoms with Gasteiger partial charge < -0.3 is 19.1 Å². The van der Waals surface area contributed by atoms with Crippen LogP contribution < -0.4 is 10.2 Å². The summed E-state index contributed by atoms with van der Waals surface area (Å²) >= 11 is 6.29. The number of aryl methyl sites for hydroxylation is 1. The number of nitrogens with zero attached hydrogens (tertiary/aromatic N) is 1. The van der Waals surface area contributed by atoms with Crippen LogP contribution in [0.2, 0.25) is 5.02 Å². The van der Waals surface area contributed by atoms with E-state index in [0.29, 0.717) is 5.56 Å². The largest absolute Gasteiger partial charge is 0.492 e. The predicted molar refractivity (Wildman–Crippen MR) is 108 cm³/mol. The molecule has 7 nitrogen and oxygen atoms in total. The van der Waals surface area contributed by atoms with Crippen molar-refractivity contribution in [2.75, 3.05) is 6.61 Å². The summed E-state index contributed by atoms with van der Waals surface area (Å²) in [5.41, 5.74) is 0.684. The van der Waals surface area contributed by atoms with Gasteiger partial charge in [0, 0.05) is 22.3 Å². The van der Waals surface area contributed by atoms with E-state index in [4.69, 9.17) is 26.1 Å². The van der Waals surface area contributed by atoms with E-state index >= 15 is 0 Å². The Morgan fingerprint density at radius 2 is 1.93 bits per heavy atom. The molecule has 29 heavy (non-hydrogen) atoms. The Labute approximate surface area is 170 Å². The molecule has 0 spiro atoms. The van der Waals surface area contributed by atoms with Crippen molar-refractivity contribution in [1.82, 2.24) is 4.57 Å². The highest BCUT2D eigenvalue weighted by Gasteiger charge is 2.21. The van der Waals surface area contributed by atoms with Crippen molar-refractivity contribution >= 4 is 30.3 Å². The molecule has 1 aromatic heterocycles. The molecule has 2 N–H and O–H groups in total. The van der Waals surface area contributed by atoms with Gasteiger partial charge in [-0.25, -0.2) is 8.96 Å². The minimum atomic E-state index is -4.83. The van der Waals surface area contributed by atoms with Crippen LogP contribution in [0.1, 0.15) is 12.5 Å². The summed E-state index contributed by atoms with van der Waals surface area (Å²) in [6.07, 6.45) is 1.32. The maximum absolute atomic E-state index is 14.7. The highest BCUT2D eigenvalue weighted by molar-refractivity contribution is 7.46. The van der Waals surface area contributed by atoms with Gasteiger partial charge in [-0.05, 0) is 37.6 Å². The average Bonchev–Trinajstić information content (AvgIpc) is 2.63. The molecule has 3 rings (SSSR count). The van der Waals surface area contributed by atoms with Crippen LogP contribution in [-0.4, -0.2) is 21.0 Å². The third-order valence-electron chi connectivity index (χ3n) is 4.21. The van der Waals surface area contributed by atoms with E-state index < -0.39 is 25.8 Å². The minimum absolute atomic E-state index is 0.0253. The minimum Gasteiger partial charge on any atom is -0.492 e. The van der Waals surface area contributed by atoms with E-state index in [1.54, 1.807) is 25.1 Å². The van der Waals surface area contributed by atoms with Crippen molar-refractivity contribution in [2.45, 2.75) is 20.6 Å². The summed E-state index contributed by atoms with van der Waals surface area (Å²) in [6, 6.07) is 7.47. The van der Waals surface area contributed by atoms with E-state index in [1.165, 1.54) is 16.8 Å². The number of benzene rings is 2. The molecule has 3 aromatic rings. The maximum Gasteiger partial charge on any atom is 0.471 e. The van der Waals surface area contributed by atoms with Crippen LogP contribution in [0.4, 0.5) is 4.39 Å². The number of pyridine rings is 1. The molecule has 154 valence electrons. The highest BCUT2D eigenvalue weighted by atomic mass is 35.5. The number of hydrogen-bond acceptors (Lipinski definition) is 4. The zero-order valence-corrected chi connectivity index (χ0v) is 17.2. The van der Waals surface area contributed by atoms with Crippen molar-refractivity contribution in [1.29, 1.82) is 0 Å². The molecule has 0 saturated heterocycles. The van der Waals surface area contributed by atoms with Crippen LogP contribution in [0.15, 0.2) is 41.3 Å². The lowest BCUT2D eigenvalue weighted by Crippen LogP contribution is -2.16. The Bertz CT molecular complexity index is 1190. The van der Waals surface area contributed by atoms with E-state index in [9.17, 15) is 13.8 Å². The van der Waals surface area contributed by atoms with Gasteiger partial charge in [0.2, 0.25) is 0 Å². The lowest BCUT2D eigenvalue weighted by Gasteiger charge is -2.18. The summed E-state index contributed by atoms with van der Waals surface area (Å²) in [6.45, 7) is 3.14. The smallest absolute Gasteiger partial charge is 0.471 e. The van der Waals surface area contributed by atoms with Crippen molar-refractivity contribution in [3.63, 3.8) is 0 Å². The Balaban J connectivity index is 2.37. The van der Waals surface area contributed by atoms with Gasteiger partial charge in [0.05, 0.1) is 17.5 Å². The number of phosphoric acid groups is 1. The molecule has 0 aliphatic heterocycles. The van der Waals surface area contributed by atoms with Gasteiger partial charge in [-0.2, -0.15) is 0 Å². The van der Waals surface area contributed by atoms with Crippen LogP contribution in [0.3, 0.4) is 0 Å². The summed E-state index contributed by atoms with van der Waals surface area (Å²) in [7, 11) is -4.83. The molecule has 0 aliphatic carbocycles. The van der Waals surface area contributed by atoms with Crippen molar-refractivity contribution < 1.29 is 28.0 Å². The lowest BCUT2D eigenvalue weighted by atomic mass is 10.0. The van der Waals surface area contributed by atoms with Crippen molar-refractivity contribution in [3.8, 4) is 16.9 Å². The Hall–Kier alpha value is -2.22. The predicted octanol–water partition coefficient (Wildman–Crippen LogP) is 4.23. The molecule has 0 saturated carbocycles. The van der Waals surface area contributed by atoms with E-state index in [0.717, 1.165) is 11.6 Å². The van der Waals surface area contributed by atoms with Crippen LogP contribution in [0.5, 0.6) is 5.75 Å². The highest BCUT2D eigenvalue weighted by Crippen LogP contribution is 2.38. The normalized spacial score (nSPS) is 11.8. The molecular formula is C19H18ClFNO6P. The van der Waals surface area contributed by atoms with E-state index in [1.807, 2.05) is 6.92 Å². The molecule has 0 unspecified atom stereocenters. The monoisotopic (exact) mass is 441 g/mol. The fraction of sp³-hybridized carbons (Fsp3) is 0.211. The summed E-state index contributed by atoms with van der Waals surface area (Å²) < 4.78 is 37.2. The van der Waals surface area contributed by atoms with E-state index in [-0.39, 0.29) is 33.8 Å². The number of fused-ring (bicyclic) bond motifs is 1. The van der Waals surface area contributed by atoms with Crippen molar-refractivity contribution in [2.24, 2.45) is 0 Å².